The van der Waals surface area contributed by atoms with Gasteiger partial charge in [-0.3, -0.25) is 9.59 Å². The van der Waals surface area contributed by atoms with Crippen LogP contribution in [-0.4, -0.2) is 17.9 Å². The van der Waals surface area contributed by atoms with E-state index in [4.69, 9.17) is 4.74 Å². The van der Waals surface area contributed by atoms with Gasteiger partial charge in [0.05, 0.1) is 6.42 Å². The van der Waals surface area contributed by atoms with E-state index in [9.17, 15) is 9.59 Å². The van der Waals surface area contributed by atoms with Crippen molar-refractivity contribution in [1.82, 2.24) is 5.32 Å². The predicted octanol–water partition coefficient (Wildman–Crippen LogP) is 3.10. The Hall–Kier alpha value is -2.62. The van der Waals surface area contributed by atoms with E-state index in [1.807, 2.05) is 49.4 Å². The van der Waals surface area contributed by atoms with Crippen LogP contribution in [-0.2, 0) is 20.7 Å². The number of aryl methyl sites for hydroxylation is 1. The quantitative estimate of drug-likeness (QED) is 0.831. The highest BCUT2D eigenvalue weighted by Crippen LogP contribution is 2.23. The zero-order valence-electron chi connectivity index (χ0n) is 13.7. The molecular formula is C20H21NO3. The molecule has 0 spiro atoms. The fourth-order valence-corrected chi connectivity index (χ4v) is 2.45. The molecule has 1 N–H and O–H groups in total. The molecule has 0 saturated heterocycles. The molecule has 2 aromatic rings. The van der Waals surface area contributed by atoms with E-state index >= 15 is 0 Å². The maximum atomic E-state index is 12.4. The highest BCUT2D eigenvalue weighted by atomic mass is 16.5. The average molecular weight is 323 g/mol. The van der Waals surface area contributed by atoms with Crippen LogP contribution in [0.2, 0.25) is 0 Å². The van der Waals surface area contributed by atoms with Gasteiger partial charge in [0.1, 0.15) is 0 Å². The second-order valence-electron chi connectivity index (χ2n) is 6.23. The molecule has 124 valence electrons. The van der Waals surface area contributed by atoms with Gasteiger partial charge in [0.25, 0.3) is 5.91 Å². The monoisotopic (exact) mass is 323 g/mol. The van der Waals surface area contributed by atoms with Gasteiger partial charge in [-0.05, 0) is 25.3 Å². The van der Waals surface area contributed by atoms with E-state index in [2.05, 4.69) is 5.32 Å². The third kappa shape index (κ3) is 4.44. The van der Waals surface area contributed by atoms with E-state index in [0.717, 1.165) is 24.0 Å². The minimum absolute atomic E-state index is 0.153. The second kappa shape index (κ2) is 7.30. The molecule has 2 aromatic carbocycles. The SMILES string of the molecule is Cc1ccc(CC(=O)O[C@H](C(=O)NC2CC2)c2ccccc2)cc1. The third-order valence-corrected chi connectivity index (χ3v) is 3.98. The summed E-state index contributed by atoms with van der Waals surface area (Å²) in [6.45, 7) is 2.00. The van der Waals surface area contributed by atoms with Crippen molar-refractivity contribution in [3.05, 3.63) is 71.3 Å². The van der Waals surface area contributed by atoms with Crippen LogP contribution in [0.4, 0.5) is 0 Å². The molecule has 0 aliphatic heterocycles. The molecule has 3 rings (SSSR count). The van der Waals surface area contributed by atoms with Crippen molar-refractivity contribution < 1.29 is 14.3 Å². The fraction of sp³-hybridized carbons (Fsp3) is 0.300. The number of benzene rings is 2. The lowest BCUT2D eigenvalue weighted by atomic mass is 10.1. The van der Waals surface area contributed by atoms with Crippen molar-refractivity contribution in [2.45, 2.75) is 38.3 Å². The molecule has 4 nitrogen and oxygen atoms in total. The number of hydrogen-bond donors (Lipinski definition) is 1. The summed E-state index contributed by atoms with van der Waals surface area (Å²) in [5.74, 6) is -0.653. The maximum absolute atomic E-state index is 12.4. The molecule has 0 bridgehead atoms. The summed E-state index contributed by atoms with van der Waals surface area (Å²) >= 11 is 0. The zero-order valence-corrected chi connectivity index (χ0v) is 13.7. The van der Waals surface area contributed by atoms with E-state index < -0.39 is 12.1 Å². The first-order valence-electron chi connectivity index (χ1n) is 8.22. The van der Waals surface area contributed by atoms with Crippen LogP contribution in [0.25, 0.3) is 0 Å². The zero-order chi connectivity index (χ0) is 16.9. The Morgan fingerprint density at radius 3 is 2.38 bits per heavy atom. The summed E-state index contributed by atoms with van der Waals surface area (Å²) in [4.78, 5) is 24.7. The lowest BCUT2D eigenvalue weighted by Gasteiger charge is -2.18. The predicted molar refractivity (Wildman–Crippen MR) is 91.3 cm³/mol. The number of carbonyl (C=O) groups excluding carboxylic acids is 2. The summed E-state index contributed by atoms with van der Waals surface area (Å²) in [6.07, 6.45) is 1.24. The molecule has 4 heteroatoms. The molecule has 24 heavy (non-hydrogen) atoms. The van der Waals surface area contributed by atoms with E-state index in [0.29, 0.717) is 5.56 Å². The molecule has 1 aliphatic rings. The number of ether oxygens (including phenoxy) is 1. The van der Waals surface area contributed by atoms with Gasteiger partial charge in [0.2, 0.25) is 6.10 Å². The number of esters is 1. The number of hydrogen-bond acceptors (Lipinski definition) is 3. The first-order valence-corrected chi connectivity index (χ1v) is 8.22. The van der Waals surface area contributed by atoms with E-state index in [1.54, 1.807) is 12.1 Å². The van der Waals surface area contributed by atoms with Crippen molar-refractivity contribution in [1.29, 1.82) is 0 Å². The summed E-state index contributed by atoms with van der Waals surface area (Å²) in [7, 11) is 0. The van der Waals surface area contributed by atoms with Crippen LogP contribution in [0.5, 0.6) is 0 Å². The molecule has 0 unspecified atom stereocenters. The van der Waals surface area contributed by atoms with Crippen molar-refractivity contribution in [3.8, 4) is 0 Å². The highest BCUT2D eigenvalue weighted by Gasteiger charge is 2.30. The minimum atomic E-state index is -0.898. The van der Waals surface area contributed by atoms with Gasteiger partial charge in [0.15, 0.2) is 0 Å². The van der Waals surface area contributed by atoms with Crippen molar-refractivity contribution in [2.24, 2.45) is 0 Å². The van der Waals surface area contributed by atoms with E-state index in [-0.39, 0.29) is 18.4 Å². The van der Waals surface area contributed by atoms with Crippen LogP contribution in [0, 0.1) is 6.92 Å². The Morgan fingerprint density at radius 2 is 1.75 bits per heavy atom. The van der Waals surface area contributed by atoms with Crippen LogP contribution in [0.15, 0.2) is 54.6 Å². The van der Waals surface area contributed by atoms with Gasteiger partial charge in [-0.15, -0.1) is 0 Å². The minimum Gasteiger partial charge on any atom is -0.447 e. The second-order valence-corrected chi connectivity index (χ2v) is 6.23. The van der Waals surface area contributed by atoms with Crippen LogP contribution < -0.4 is 5.32 Å². The number of carbonyl (C=O) groups is 2. The molecule has 1 atom stereocenters. The molecule has 1 aliphatic carbocycles. The normalized spacial score (nSPS) is 14.7. The van der Waals surface area contributed by atoms with Gasteiger partial charge < -0.3 is 10.1 Å². The first-order chi connectivity index (χ1) is 11.6. The Balaban J connectivity index is 1.69. The molecule has 0 radical (unpaired) electrons. The molecule has 0 heterocycles. The third-order valence-electron chi connectivity index (χ3n) is 3.98. The van der Waals surface area contributed by atoms with Crippen LogP contribution >= 0.6 is 0 Å². The smallest absolute Gasteiger partial charge is 0.311 e. The fourth-order valence-electron chi connectivity index (χ4n) is 2.45. The van der Waals surface area contributed by atoms with Gasteiger partial charge >= 0.3 is 5.97 Å². The molecule has 1 fully saturated rings. The van der Waals surface area contributed by atoms with Crippen molar-refractivity contribution >= 4 is 11.9 Å². The van der Waals surface area contributed by atoms with Crippen molar-refractivity contribution in [2.75, 3.05) is 0 Å². The number of rotatable bonds is 6. The average Bonchev–Trinajstić information content (AvgIpc) is 3.39. The van der Waals surface area contributed by atoms with Crippen LogP contribution in [0.3, 0.4) is 0 Å². The number of nitrogens with one attached hydrogen (secondary N) is 1. The van der Waals surface area contributed by atoms with E-state index in [1.165, 1.54) is 0 Å². The van der Waals surface area contributed by atoms with Gasteiger partial charge in [0, 0.05) is 11.6 Å². The Kier molecular flexibility index (Phi) is 4.94. The van der Waals surface area contributed by atoms with Gasteiger partial charge in [-0.25, -0.2) is 0 Å². The summed E-state index contributed by atoms with van der Waals surface area (Å²) in [5, 5.41) is 2.91. The van der Waals surface area contributed by atoms with Gasteiger partial charge in [-0.2, -0.15) is 0 Å². The molecule has 1 amide bonds. The first kappa shape index (κ1) is 16.2. The summed E-state index contributed by atoms with van der Waals surface area (Å²) < 4.78 is 5.51. The van der Waals surface area contributed by atoms with Gasteiger partial charge in [-0.1, -0.05) is 60.2 Å². The Labute approximate surface area is 141 Å². The standard InChI is InChI=1S/C20H21NO3/c1-14-7-9-15(10-8-14)13-18(22)24-19(16-5-3-2-4-6-16)20(23)21-17-11-12-17/h2-10,17,19H,11-13H2,1H3,(H,21,23)/t19-/m0/s1. The molecular weight excluding hydrogens is 302 g/mol. The topological polar surface area (TPSA) is 55.4 Å². The Morgan fingerprint density at radius 1 is 1.08 bits per heavy atom. The summed E-state index contributed by atoms with van der Waals surface area (Å²) in [6, 6.07) is 17.1. The molecule has 1 saturated carbocycles. The molecule has 0 aromatic heterocycles. The lowest BCUT2D eigenvalue weighted by molar-refractivity contribution is -0.156. The lowest BCUT2D eigenvalue weighted by Crippen LogP contribution is -2.33. The Bertz CT molecular complexity index is 705. The number of amides is 1. The largest absolute Gasteiger partial charge is 0.447 e. The summed E-state index contributed by atoms with van der Waals surface area (Å²) in [5.41, 5.74) is 2.70. The van der Waals surface area contributed by atoms with Crippen LogP contribution in [0.1, 0.15) is 35.6 Å². The highest BCUT2D eigenvalue weighted by molar-refractivity contribution is 5.85. The van der Waals surface area contributed by atoms with Crippen molar-refractivity contribution in [3.63, 3.8) is 0 Å². The maximum Gasteiger partial charge on any atom is 0.311 e.